The van der Waals surface area contributed by atoms with Gasteiger partial charge in [-0.2, -0.15) is 5.26 Å². The maximum atomic E-state index is 10.4. The molecule has 14 heavy (non-hydrogen) atoms. The number of nitrogens with zero attached hydrogens (tertiary/aromatic N) is 3. The Hall–Kier alpha value is -2.49. The number of carbonyl (C=O) groups is 1. The number of pyridine rings is 1. The van der Waals surface area contributed by atoms with Crippen LogP contribution in [0.25, 0.3) is 0 Å². The maximum absolute atomic E-state index is 10.4. The molecule has 1 aromatic heterocycles. The van der Waals surface area contributed by atoms with E-state index in [0.29, 0.717) is 0 Å². The van der Waals surface area contributed by atoms with E-state index in [4.69, 9.17) is 10.4 Å². The number of carboxylic acid groups (broad SMARTS) is 1. The topological polar surface area (TPSA) is 117 Å². The van der Waals surface area contributed by atoms with E-state index >= 15 is 0 Å². The normalized spacial score (nSPS) is 9.07. The summed E-state index contributed by atoms with van der Waals surface area (Å²) in [6, 6.07) is 3.49. The van der Waals surface area contributed by atoms with Crippen LogP contribution in [-0.2, 0) is 0 Å². The largest absolute Gasteiger partial charge is 0.475 e. The second-order valence-electron chi connectivity index (χ2n) is 2.27. The number of nitro groups is 1. The van der Waals surface area contributed by atoms with E-state index in [-0.39, 0.29) is 5.56 Å². The van der Waals surface area contributed by atoms with Gasteiger partial charge in [-0.15, -0.1) is 0 Å². The molecule has 1 heterocycles. The molecule has 0 fully saturated rings. The predicted molar refractivity (Wildman–Crippen MR) is 42.6 cm³/mol. The molecule has 0 bridgehead atoms. The van der Waals surface area contributed by atoms with Gasteiger partial charge in [0.05, 0.1) is 17.7 Å². The molecule has 0 unspecified atom stereocenters. The third-order valence-electron chi connectivity index (χ3n) is 1.35. The third-order valence-corrected chi connectivity index (χ3v) is 1.35. The quantitative estimate of drug-likeness (QED) is 0.541. The second kappa shape index (κ2) is 3.49. The molecule has 0 saturated carbocycles. The van der Waals surface area contributed by atoms with Gasteiger partial charge in [0, 0.05) is 6.07 Å². The van der Waals surface area contributed by atoms with Crippen LogP contribution in [0.2, 0.25) is 0 Å². The van der Waals surface area contributed by atoms with Gasteiger partial charge in [-0.3, -0.25) is 0 Å². The molecular weight excluding hydrogens is 190 g/mol. The summed E-state index contributed by atoms with van der Waals surface area (Å²) in [7, 11) is 0. The van der Waals surface area contributed by atoms with Crippen molar-refractivity contribution in [1.82, 2.24) is 4.98 Å². The van der Waals surface area contributed by atoms with Gasteiger partial charge in [0.15, 0.2) is 0 Å². The molecule has 0 aliphatic carbocycles. The third kappa shape index (κ3) is 1.81. The van der Waals surface area contributed by atoms with E-state index < -0.39 is 22.4 Å². The summed E-state index contributed by atoms with van der Waals surface area (Å²) in [6.07, 6.45) is 0. The highest BCUT2D eigenvalue weighted by atomic mass is 16.6. The lowest BCUT2D eigenvalue weighted by molar-refractivity contribution is -0.389. The van der Waals surface area contributed by atoms with Gasteiger partial charge in [-0.25, -0.2) is 4.79 Å². The Labute approximate surface area is 77.4 Å². The molecule has 0 radical (unpaired) electrons. The minimum atomic E-state index is -1.41. The molecule has 0 atom stereocenters. The lowest BCUT2D eigenvalue weighted by atomic mass is 10.2. The first-order valence-corrected chi connectivity index (χ1v) is 3.34. The summed E-state index contributed by atoms with van der Waals surface area (Å²) < 4.78 is 0. The lowest BCUT2D eigenvalue weighted by Crippen LogP contribution is -2.03. The van der Waals surface area contributed by atoms with Crippen LogP contribution in [0, 0.1) is 21.4 Å². The molecule has 0 aliphatic heterocycles. The van der Waals surface area contributed by atoms with E-state index in [1.807, 2.05) is 0 Å². The molecule has 0 saturated heterocycles. The minimum absolute atomic E-state index is 0.107. The molecule has 0 spiro atoms. The van der Waals surface area contributed by atoms with Crippen LogP contribution >= 0.6 is 0 Å². The number of rotatable bonds is 2. The molecule has 7 heteroatoms. The monoisotopic (exact) mass is 193 g/mol. The summed E-state index contributed by atoms with van der Waals surface area (Å²) in [6.45, 7) is 0. The number of hydrogen-bond acceptors (Lipinski definition) is 5. The van der Waals surface area contributed by atoms with Crippen molar-refractivity contribution in [1.29, 1.82) is 5.26 Å². The number of hydrogen-bond donors (Lipinski definition) is 1. The van der Waals surface area contributed by atoms with E-state index in [9.17, 15) is 14.9 Å². The second-order valence-corrected chi connectivity index (χ2v) is 2.27. The Morgan fingerprint density at radius 2 is 2.29 bits per heavy atom. The van der Waals surface area contributed by atoms with Gasteiger partial charge >= 0.3 is 11.8 Å². The molecule has 1 aromatic rings. The average molecular weight is 193 g/mol. The van der Waals surface area contributed by atoms with Crippen molar-refractivity contribution in [3.05, 3.63) is 33.5 Å². The van der Waals surface area contributed by atoms with Gasteiger partial charge < -0.3 is 15.2 Å². The zero-order chi connectivity index (χ0) is 10.7. The number of aromatic nitrogens is 1. The van der Waals surface area contributed by atoms with Crippen LogP contribution in [0.4, 0.5) is 5.82 Å². The summed E-state index contributed by atoms with van der Waals surface area (Å²) in [5.74, 6) is -2.06. The smallest absolute Gasteiger partial charge is 0.380 e. The van der Waals surface area contributed by atoms with Gasteiger partial charge in [0.2, 0.25) is 0 Å². The van der Waals surface area contributed by atoms with Crippen molar-refractivity contribution in [2.24, 2.45) is 0 Å². The highest BCUT2D eigenvalue weighted by Gasteiger charge is 2.18. The fourth-order valence-electron chi connectivity index (χ4n) is 0.784. The molecule has 0 aromatic carbocycles. The van der Waals surface area contributed by atoms with E-state index in [2.05, 4.69) is 4.98 Å². The number of nitriles is 1. The molecule has 70 valence electrons. The van der Waals surface area contributed by atoms with E-state index in [0.717, 1.165) is 12.1 Å². The van der Waals surface area contributed by atoms with Crippen molar-refractivity contribution in [3.8, 4) is 6.07 Å². The zero-order valence-electron chi connectivity index (χ0n) is 6.67. The highest BCUT2D eigenvalue weighted by Crippen LogP contribution is 2.11. The molecule has 1 N–H and O–H groups in total. The predicted octanol–water partition coefficient (Wildman–Crippen LogP) is 0.560. The zero-order valence-corrected chi connectivity index (χ0v) is 6.67. The van der Waals surface area contributed by atoms with Crippen LogP contribution in [0.1, 0.15) is 16.1 Å². The average Bonchev–Trinajstić information content (AvgIpc) is 2.16. The van der Waals surface area contributed by atoms with Crippen molar-refractivity contribution in [2.75, 3.05) is 0 Å². The summed E-state index contributed by atoms with van der Waals surface area (Å²) in [5, 5.41) is 27.3. The van der Waals surface area contributed by atoms with Crippen LogP contribution in [-0.4, -0.2) is 21.0 Å². The Kier molecular flexibility index (Phi) is 2.39. The fourth-order valence-corrected chi connectivity index (χ4v) is 0.784. The lowest BCUT2D eigenvalue weighted by Gasteiger charge is -1.93. The van der Waals surface area contributed by atoms with Crippen molar-refractivity contribution in [2.45, 2.75) is 0 Å². The minimum Gasteiger partial charge on any atom is -0.475 e. The first-order valence-electron chi connectivity index (χ1n) is 3.34. The summed E-state index contributed by atoms with van der Waals surface area (Å²) in [4.78, 5) is 23.1. The molecule has 0 aliphatic rings. The Morgan fingerprint density at radius 3 is 2.71 bits per heavy atom. The number of aromatic carboxylic acids is 1. The van der Waals surface area contributed by atoms with Crippen LogP contribution in [0.3, 0.4) is 0 Å². The van der Waals surface area contributed by atoms with Gasteiger partial charge in [0.25, 0.3) is 5.69 Å². The van der Waals surface area contributed by atoms with Crippen molar-refractivity contribution in [3.63, 3.8) is 0 Å². The first-order chi connectivity index (χ1) is 6.54. The fraction of sp³-hybridized carbons (Fsp3) is 0. The van der Waals surface area contributed by atoms with Crippen LogP contribution < -0.4 is 0 Å². The van der Waals surface area contributed by atoms with Crippen LogP contribution in [0.5, 0.6) is 0 Å². The Balaban J connectivity index is 3.36. The van der Waals surface area contributed by atoms with Crippen LogP contribution in [0.15, 0.2) is 12.1 Å². The van der Waals surface area contributed by atoms with Gasteiger partial charge in [0.1, 0.15) is 0 Å². The highest BCUT2D eigenvalue weighted by molar-refractivity contribution is 5.86. The van der Waals surface area contributed by atoms with Gasteiger partial charge in [-0.05, 0) is 9.91 Å². The molecule has 0 amide bonds. The first kappa shape index (κ1) is 9.60. The van der Waals surface area contributed by atoms with E-state index in [1.165, 1.54) is 0 Å². The Morgan fingerprint density at radius 1 is 1.64 bits per heavy atom. The molecule has 1 rings (SSSR count). The molecule has 7 nitrogen and oxygen atoms in total. The maximum Gasteiger partial charge on any atom is 0.380 e. The van der Waals surface area contributed by atoms with Crippen molar-refractivity contribution < 1.29 is 14.8 Å². The van der Waals surface area contributed by atoms with E-state index in [1.54, 1.807) is 6.07 Å². The summed E-state index contributed by atoms with van der Waals surface area (Å²) in [5.41, 5.74) is -0.625. The number of carboxylic acids is 1. The SMILES string of the molecule is N#Cc1cc(C(=O)O)nc([N+](=O)[O-])c1. The molecular formula is C7H3N3O4. The Bertz CT molecular complexity index is 416. The standard InChI is InChI=1S/C7H3N3O4/c8-3-4-1-5(7(11)12)9-6(2-4)10(13)14/h1-2H,(H,11,12). The summed E-state index contributed by atoms with van der Waals surface area (Å²) >= 11 is 0. The van der Waals surface area contributed by atoms with Crippen molar-refractivity contribution >= 4 is 11.8 Å². The van der Waals surface area contributed by atoms with Gasteiger partial charge in [-0.1, -0.05) is 0 Å².